The maximum atomic E-state index is 11.2. The maximum Gasteiger partial charge on any atom is 0.396 e. The van der Waals surface area contributed by atoms with Crippen molar-refractivity contribution < 1.29 is 23.9 Å². The molecule has 2 N–H and O–H groups in total. The van der Waals surface area contributed by atoms with Crippen LogP contribution in [0.15, 0.2) is 0 Å². The molecule has 0 saturated carbocycles. The van der Waals surface area contributed by atoms with E-state index in [0.29, 0.717) is 0 Å². The van der Waals surface area contributed by atoms with Crippen molar-refractivity contribution in [3.63, 3.8) is 0 Å². The van der Waals surface area contributed by atoms with Gasteiger partial charge in [0.1, 0.15) is 6.04 Å². The Bertz CT molecular complexity index is 339. The smallest absolute Gasteiger partial charge is 0.396 e. The van der Waals surface area contributed by atoms with Gasteiger partial charge in [-0.05, 0) is 13.3 Å². The molecule has 0 radical (unpaired) electrons. The summed E-state index contributed by atoms with van der Waals surface area (Å²) in [4.78, 5) is 44.2. The van der Waals surface area contributed by atoms with E-state index in [4.69, 9.17) is 0 Å². The largest absolute Gasteiger partial charge is 0.459 e. The fraction of sp³-hybridized carbons (Fsp3) is 0.556. The monoisotopic (exact) mass is 228 g/mol. The number of nitrogens with one attached hydrogen (secondary N) is 2. The summed E-state index contributed by atoms with van der Waals surface area (Å²) in [6, 6.07) is -0.852. The van der Waals surface area contributed by atoms with Crippen LogP contribution in [-0.4, -0.2) is 36.3 Å². The van der Waals surface area contributed by atoms with Crippen LogP contribution in [0, 0.1) is 0 Å². The molecule has 7 nitrogen and oxygen atoms in total. The number of amides is 3. The number of ether oxygens (including phenoxy) is 1. The van der Waals surface area contributed by atoms with Crippen molar-refractivity contribution >= 4 is 23.7 Å². The molecule has 1 aliphatic rings. The average Bonchev–Trinajstić information content (AvgIpc) is 2.22. The molecule has 0 spiro atoms. The van der Waals surface area contributed by atoms with Crippen molar-refractivity contribution in [2.45, 2.75) is 25.8 Å². The summed E-state index contributed by atoms with van der Waals surface area (Å²) >= 11 is 0. The lowest BCUT2D eigenvalue weighted by atomic mass is 10.1. The molecule has 1 aliphatic heterocycles. The van der Waals surface area contributed by atoms with Crippen molar-refractivity contribution in [3.8, 4) is 0 Å². The quantitative estimate of drug-likeness (QED) is 0.339. The predicted octanol–water partition coefficient (Wildman–Crippen LogP) is -1.53. The summed E-state index contributed by atoms with van der Waals surface area (Å²) in [6.45, 7) is 1.65. The lowest BCUT2D eigenvalue weighted by Gasteiger charge is -2.21. The average molecular weight is 228 g/mol. The van der Waals surface area contributed by atoms with Crippen molar-refractivity contribution in [1.82, 2.24) is 10.6 Å². The van der Waals surface area contributed by atoms with E-state index >= 15 is 0 Å². The summed E-state index contributed by atoms with van der Waals surface area (Å²) in [5.74, 6) is -3.00. The molecule has 1 saturated heterocycles. The number of carbonyl (C=O) groups is 4. The summed E-state index contributed by atoms with van der Waals surface area (Å²) < 4.78 is 4.45. The van der Waals surface area contributed by atoms with E-state index in [1.807, 2.05) is 0 Å². The number of carbonyl (C=O) groups excluding carboxylic acids is 4. The van der Waals surface area contributed by atoms with Gasteiger partial charge in [0.25, 0.3) is 0 Å². The van der Waals surface area contributed by atoms with E-state index in [9.17, 15) is 19.2 Å². The first-order valence-corrected chi connectivity index (χ1v) is 4.86. The fourth-order valence-corrected chi connectivity index (χ4v) is 1.25. The SMILES string of the molecule is CCOC(=O)C(=O)NC1CCC(=O)NC1=O. The molecule has 0 aromatic rings. The van der Waals surface area contributed by atoms with Crippen molar-refractivity contribution in [2.24, 2.45) is 0 Å². The van der Waals surface area contributed by atoms with Crippen molar-refractivity contribution in [1.29, 1.82) is 0 Å². The first-order chi connectivity index (χ1) is 7.54. The van der Waals surface area contributed by atoms with Crippen LogP contribution < -0.4 is 10.6 Å². The lowest BCUT2D eigenvalue weighted by Crippen LogP contribution is -2.53. The number of hydrogen-bond donors (Lipinski definition) is 2. The molecule has 3 amide bonds. The Morgan fingerprint density at radius 3 is 2.75 bits per heavy atom. The minimum atomic E-state index is -1.03. The molecule has 1 heterocycles. The van der Waals surface area contributed by atoms with Crippen LogP contribution in [0.3, 0.4) is 0 Å². The van der Waals surface area contributed by atoms with E-state index in [0.717, 1.165) is 0 Å². The Morgan fingerprint density at radius 2 is 2.19 bits per heavy atom. The van der Waals surface area contributed by atoms with Gasteiger partial charge in [0.15, 0.2) is 0 Å². The highest BCUT2D eigenvalue weighted by Gasteiger charge is 2.29. The molecule has 0 aromatic carbocycles. The molecule has 1 unspecified atom stereocenters. The highest BCUT2D eigenvalue weighted by atomic mass is 16.5. The van der Waals surface area contributed by atoms with Gasteiger partial charge in [-0.25, -0.2) is 4.79 Å². The van der Waals surface area contributed by atoms with E-state index in [-0.39, 0.29) is 25.4 Å². The Hall–Kier alpha value is -1.92. The molecule has 0 bridgehead atoms. The summed E-state index contributed by atoms with van der Waals surface area (Å²) in [7, 11) is 0. The minimum Gasteiger partial charge on any atom is -0.459 e. The third-order valence-corrected chi connectivity index (χ3v) is 2.01. The standard InChI is InChI=1S/C9H12N2O5/c1-2-16-9(15)8(14)10-5-3-4-6(12)11-7(5)13/h5H,2-4H2,1H3,(H,10,14)(H,11,12,13). The fourth-order valence-electron chi connectivity index (χ4n) is 1.25. The van der Waals surface area contributed by atoms with Crippen LogP contribution >= 0.6 is 0 Å². The van der Waals surface area contributed by atoms with Gasteiger partial charge in [-0.15, -0.1) is 0 Å². The van der Waals surface area contributed by atoms with Crippen LogP contribution in [0.1, 0.15) is 19.8 Å². The molecule has 16 heavy (non-hydrogen) atoms. The second-order valence-electron chi connectivity index (χ2n) is 3.20. The second-order valence-corrected chi connectivity index (χ2v) is 3.20. The van der Waals surface area contributed by atoms with Gasteiger partial charge in [-0.3, -0.25) is 19.7 Å². The number of rotatable bonds is 2. The van der Waals surface area contributed by atoms with Crippen molar-refractivity contribution in [2.75, 3.05) is 6.61 Å². The molecular weight excluding hydrogens is 216 g/mol. The first kappa shape index (κ1) is 12.2. The molecule has 0 aliphatic carbocycles. The Balaban J connectivity index is 2.48. The molecular formula is C9H12N2O5. The number of esters is 1. The van der Waals surface area contributed by atoms with Crippen LogP contribution in [0.4, 0.5) is 0 Å². The van der Waals surface area contributed by atoms with Gasteiger partial charge in [-0.1, -0.05) is 0 Å². The van der Waals surface area contributed by atoms with Gasteiger partial charge in [0.2, 0.25) is 11.8 Å². The summed E-state index contributed by atoms with van der Waals surface area (Å²) in [5, 5.41) is 4.26. The van der Waals surface area contributed by atoms with E-state index < -0.39 is 23.8 Å². The third-order valence-electron chi connectivity index (χ3n) is 2.01. The lowest BCUT2D eigenvalue weighted by molar-refractivity contribution is -0.155. The predicted molar refractivity (Wildman–Crippen MR) is 50.9 cm³/mol. The van der Waals surface area contributed by atoms with Gasteiger partial charge in [0, 0.05) is 6.42 Å². The highest BCUT2D eigenvalue weighted by molar-refractivity contribution is 6.33. The van der Waals surface area contributed by atoms with Gasteiger partial charge < -0.3 is 10.1 Å². The normalized spacial score (nSPS) is 19.9. The zero-order valence-corrected chi connectivity index (χ0v) is 8.74. The molecule has 88 valence electrons. The highest BCUT2D eigenvalue weighted by Crippen LogP contribution is 2.03. The molecule has 1 fully saturated rings. The second kappa shape index (κ2) is 5.24. The van der Waals surface area contributed by atoms with Gasteiger partial charge >= 0.3 is 11.9 Å². The molecule has 1 rings (SSSR count). The first-order valence-electron chi connectivity index (χ1n) is 4.86. The molecule has 7 heteroatoms. The topological polar surface area (TPSA) is 102 Å². The zero-order valence-electron chi connectivity index (χ0n) is 8.74. The van der Waals surface area contributed by atoms with E-state index in [1.54, 1.807) is 6.92 Å². The molecule has 1 atom stereocenters. The third kappa shape index (κ3) is 3.04. The number of hydrogen-bond acceptors (Lipinski definition) is 5. The number of piperidine rings is 1. The van der Waals surface area contributed by atoms with E-state index in [2.05, 4.69) is 15.4 Å². The molecule has 0 aromatic heterocycles. The van der Waals surface area contributed by atoms with Gasteiger partial charge in [0.05, 0.1) is 6.61 Å². The van der Waals surface area contributed by atoms with Gasteiger partial charge in [-0.2, -0.15) is 0 Å². The summed E-state index contributed by atoms with van der Waals surface area (Å²) in [6.07, 6.45) is 0.329. The minimum absolute atomic E-state index is 0.0849. The zero-order chi connectivity index (χ0) is 12.1. The van der Waals surface area contributed by atoms with Crippen LogP contribution in [-0.2, 0) is 23.9 Å². The van der Waals surface area contributed by atoms with E-state index in [1.165, 1.54) is 0 Å². The Labute approximate surface area is 91.5 Å². The van der Waals surface area contributed by atoms with Crippen LogP contribution in [0.2, 0.25) is 0 Å². The van der Waals surface area contributed by atoms with Crippen LogP contribution in [0.5, 0.6) is 0 Å². The Kier molecular flexibility index (Phi) is 3.98. The number of imide groups is 1. The van der Waals surface area contributed by atoms with Crippen molar-refractivity contribution in [3.05, 3.63) is 0 Å². The summed E-state index contributed by atoms with van der Waals surface area (Å²) in [5.41, 5.74) is 0. The van der Waals surface area contributed by atoms with Crippen LogP contribution in [0.25, 0.3) is 0 Å². The maximum absolute atomic E-state index is 11.2. The Morgan fingerprint density at radius 1 is 1.50 bits per heavy atom.